The van der Waals surface area contributed by atoms with Crippen LogP contribution in [-0.4, -0.2) is 19.8 Å². The topological polar surface area (TPSA) is 21.3 Å². The van der Waals surface area contributed by atoms with Crippen LogP contribution in [0.4, 0.5) is 8.78 Å². The summed E-state index contributed by atoms with van der Waals surface area (Å²) in [4.78, 5) is 0. The second kappa shape index (κ2) is 6.84. The van der Waals surface area contributed by atoms with E-state index in [2.05, 4.69) is 19.2 Å². The largest absolute Gasteiger partial charge is 0.376 e. The van der Waals surface area contributed by atoms with E-state index in [9.17, 15) is 8.78 Å². The van der Waals surface area contributed by atoms with Crippen molar-refractivity contribution >= 4 is 0 Å². The highest BCUT2D eigenvalue weighted by Crippen LogP contribution is 2.36. The van der Waals surface area contributed by atoms with Crippen molar-refractivity contribution in [3.8, 4) is 0 Å². The summed E-state index contributed by atoms with van der Waals surface area (Å²) in [7, 11) is 1.74. The molecular formula is C17H25F2NO. The monoisotopic (exact) mass is 297 g/mol. The molecule has 4 heteroatoms. The normalized spacial score (nSPS) is 20.4. The minimum absolute atomic E-state index is 0.227. The molecule has 0 heterocycles. The smallest absolute Gasteiger partial charge is 0.163 e. The molecular weight excluding hydrogens is 272 g/mol. The van der Waals surface area contributed by atoms with Gasteiger partial charge in [-0.05, 0) is 44.2 Å². The molecule has 1 aliphatic carbocycles. The van der Waals surface area contributed by atoms with Gasteiger partial charge in [0, 0.05) is 5.56 Å². The summed E-state index contributed by atoms with van der Waals surface area (Å²) in [6.45, 7) is 4.92. The van der Waals surface area contributed by atoms with Crippen LogP contribution in [0.15, 0.2) is 18.2 Å². The average Bonchev–Trinajstić information content (AvgIpc) is 2.45. The number of hydrogen-bond acceptors (Lipinski definition) is 2. The molecule has 1 N–H and O–H groups in total. The van der Waals surface area contributed by atoms with Crippen molar-refractivity contribution < 1.29 is 13.5 Å². The van der Waals surface area contributed by atoms with Gasteiger partial charge in [0.25, 0.3) is 0 Å². The predicted molar refractivity (Wildman–Crippen MR) is 80.1 cm³/mol. The lowest BCUT2D eigenvalue weighted by atomic mass is 9.76. The molecule has 1 aliphatic rings. The molecule has 21 heavy (non-hydrogen) atoms. The lowest BCUT2D eigenvalue weighted by Gasteiger charge is -2.34. The lowest BCUT2D eigenvalue weighted by molar-refractivity contribution is -0.00543. The first-order valence-corrected chi connectivity index (χ1v) is 7.66. The van der Waals surface area contributed by atoms with Crippen LogP contribution in [-0.2, 0) is 4.74 Å². The zero-order valence-corrected chi connectivity index (χ0v) is 13.1. The van der Waals surface area contributed by atoms with Gasteiger partial charge in [-0.3, -0.25) is 0 Å². The van der Waals surface area contributed by atoms with Gasteiger partial charge < -0.3 is 10.1 Å². The van der Waals surface area contributed by atoms with Crippen molar-refractivity contribution in [1.82, 2.24) is 5.32 Å². The minimum atomic E-state index is -0.813. The summed E-state index contributed by atoms with van der Waals surface area (Å²) < 4.78 is 33.1. The molecule has 0 aromatic heterocycles. The molecule has 1 saturated carbocycles. The summed E-state index contributed by atoms with van der Waals surface area (Å²) >= 11 is 0. The Balaban J connectivity index is 1.93. The Kier molecular flexibility index (Phi) is 5.33. The number of rotatable bonds is 5. The van der Waals surface area contributed by atoms with Crippen LogP contribution in [0.1, 0.15) is 51.1 Å². The standard InChI is InChI=1S/C17H25F2NO/c1-17(2)9-7-12(8-10-17)21-11-15(20-3)13-5-4-6-14(18)16(13)19/h4-6,12,15,20H,7-11H2,1-3H3. The highest BCUT2D eigenvalue weighted by atomic mass is 19.2. The average molecular weight is 297 g/mol. The van der Waals surface area contributed by atoms with Gasteiger partial charge in [0.2, 0.25) is 0 Å². The zero-order chi connectivity index (χ0) is 15.5. The summed E-state index contributed by atoms with van der Waals surface area (Å²) in [6.07, 6.45) is 4.60. The highest BCUT2D eigenvalue weighted by Gasteiger charge is 2.28. The summed E-state index contributed by atoms with van der Waals surface area (Å²) in [5.74, 6) is -1.60. The first kappa shape index (κ1) is 16.4. The first-order valence-electron chi connectivity index (χ1n) is 7.66. The molecule has 1 aromatic rings. The Bertz CT molecular complexity index is 466. The van der Waals surface area contributed by atoms with Crippen LogP contribution in [0.5, 0.6) is 0 Å². The van der Waals surface area contributed by atoms with Crippen molar-refractivity contribution in [2.45, 2.75) is 51.7 Å². The third-order valence-corrected chi connectivity index (χ3v) is 4.49. The Morgan fingerprint density at radius 3 is 2.57 bits per heavy atom. The second-order valence-corrected chi connectivity index (χ2v) is 6.68. The van der Waals surface area contributed by atoms with Crippen LogP contribution in [0, 0.1) is 17.0 Å². The fraction of sp³-hybridized carbons (Fsp3) is 0.647. The summed E-state index contributed by atoms with van der Waals surface area (Å²) in [5.41, 5.74) is 0.727. The minimum Gasteiger partial charge on any atom is -0.376 e. The maximum atomic E-state index is 13.8. The van der Waals surface area contributed by atoms with E-state index in [-0.39, 0.29) is 12.1 Å². The van der Waals surface area contributed by atoms with E-state index >= 15 is 0 Å². The van der Waals surface area contributed by atoms with Gasteiger partial charge >= 0.3 is 0 Å². The Morgan fingerprint density at radius 2 is 1.95 bits per heavy atom. The van der Waals surface area contributed by atoms with Crippen molar-refractivity contribution in [1.29, 1.82) is 0 Å². The maximum absolute atomic E-state index is 13.8. The Labute approximate surface area is 125 Å². The van der Waals surface area contributed by atoms with Crippen molar-refractivity contribution in [3.05, 3.63) is 35.4 Å². The van der Waals surface area contributed by atoms with E-state index in [1.54, 1.807) is 13.1 Å². The number of likely N-dealkylation sites (N-methyl/N-ethyl adjacent to an activating group) is 1. The molecule has 1 atom stereocenters. The molecule has 1 unspecified atom stereocenters. The van der Waals surface area contributed by atoms with Crippen LogP contribution < -0.4 is 5.32 Å². The molecule has 0 radical (unpaired) electrons. The molecule has 0 spiro atoms. The van der Waals surface area contributed by atoms with Gasteiger partial charge in [-0.15, -0.1) is 0 Å². The highest BCUT2D eigenvalue weighted by molar-refractivity contribution is 5.22. The summed E-state index contributed by atoms with van der Waals surface area (Å²) in [5, 5.41) is 3.01. The van der Waals surface area contributed by atoms with Gasteiger partial charge in [-0.25, -0.2) is 8.78 Å². The quantitative estimate of drug-likeness (QED) is 0.879. The number of ether oxygens (including phenoxy) is 1. The molecule has 118 valence electrons. The fourth-order valence-corrected chi connectivity index (χ4v) is 2.89. The summed E-state index contributed by atoms with van der Waals surface area (Å²) in [6, 6.07) is 3.94. The molecule has 2 nitrogen and oxygen atoms in total. The number of nitrogens with one attached hydrogen (secondary N) is 1. The number of benzene rings is 1. The Hall–Kier alpha value is -1.00. The maximum Gasteiger partial charge on any atom is 0.163 e. The third kappa shape index (κ3) is 4.24. The lowest BCUT2D eigenvalue weighted by Crippen LogP contribution is -2.30. The van der Waals surface area contributed by atoms with Crippen LogP contribution >= 0.6 is 0 Å². The molecule has 2 rings (SSSR count). The Morgan fingerprint density at radius 1 is 1.29 bits per heavy atom. The van der Waals surface area contributed by atoms with Gasteiger partial charge in [-0.2, -0.15) is 0 Å². The second-order valence-electron chi connectivity index (χ2n) is 6.68. The van der Waals surface area contributed by atoms with Gasteiger partial charge in [0.15, 0.2) is 11.6 Å². The van der Waals surface area contributed by atoms with Crippen LogP contribution in [0.3, 0.4) is 0 Å². The van der Waals surface area contributed by atoms with Crippen LogP contribution in [0.2, 0.25) is 0 Å². The van der Waals surface area contributed by atoms with E-state index < -0.39 is 11.6 Å². The van der Waals surface area contributed by atoms with Gasteiger partial charge in [0.05, 0.1) is 18.8 Å². The van der Waals surface area contributed by atoms with E-state index in [1.165, 1.54) is 6.07 Å². The van der Waals surface area contributed by atoms with Gasteiger partial charge in [0.1, 0.15) is 0 Å². The van der Waals surface area contributed by atoms with E-state index in [4.69, 9.17) is 4.74 Å². The van der Waals surface area contributed by atoms with Gasteiger partial charge in [-0.1, -0.05) is 26.0 Å². The molecule has 0 bridgehead atoms. The molecule has 1 fully saturated rings. The molecule has 1 aromatic carbocycles. The number of hydrogen-bond donors (Lipinski definition) is 1. The SMILES string of the molecule is CNC(COC1CCC(C)(C)CC1)c1cccc(F)c1F. The zero-order valence-electron chi connectivity index (χ0n) is 13.1. The van der Waals surface area contributed by atoms with Crippen molar-refractivity contribution in [3.63, 3.8) is 0 Å². The van der Waals surface area contributed by atoms with E-state index in [1.807, 2.05) is 0 Å². The fourth-order valence-electron chi connectivity index (χ4n) is 2.89. The molecule has 0 saturated heterocycles. The van der Waals surface area contributed by atoms with Crippen molar-refractivity contribution in [2.24, 2.45) is 5.41 Å². The molecule has 0 amide bonds. The first-order chi connectivity index (χ1) is 9.93. The number of halogens is 2. The molecule has 0 aliphatic heterocycles. The van der Waals surface area contributed by atoms with E-state index in [0.717, 1.165) is 31.7 Å². The third-order valence-electron chi connectivity index (χ3n) is 4.49. The predicted octanol–water partition coefficient (Wildman–Crippen LogP) is 4.21. The van der Waals surface area contributed by atoms with E-state index in [0.29, 0.717) is 17.6 Å². The van der Waals surface area contributed by atoms with Crippen LogP contribution in [0.25, 0.3) is 0 Å². The van der Waals surface area contributed by atoms with Crippen molar-refractivity contribution in [2.75, 3.05) is 13.7 Å².